The predicted molar refractivity (Wildman–Crippen MR) is 61.2 cm³/mol. The smallest absolute Gasteiger partial charge is 0.338 e. The molecule has 0 aliphatic carbocycles. The Morgan fingerprint density at radius 3 is 2.68 bits per heavy atom. The molecule has 0 radical (unpaired) electrons. The molecule has 0 bridgehead atoms. The van der Waals surface area contributed by atoms with Gasteiger partial charge in [-0.15, -0.1) is 0 Å². The molecule has 1 heterocycles. The molecule has 1 aromatic heterocycles. The zero-order chi connectivity index (χ0) is 14.0. The van der Waals surface area contributed by atoms with Crippen LogP contribution in [0.5, 0.6) is 0 Å². The number of benzene rings is 1. The van der Waals surface area contributed by atoms with E-state index >= 15 is 0 Å². The largest absolute Gasteiger partial charge is 0.416 e. The lowest BCUT2D eigenvalue weighted by molar-refractivity contribution is -0.137. The fourth-order valence-corrected chi connectivity index (χ4v) is 1.56. The summed E-state index contributed by atoms with van der Waals surface area (Å²) in [5.41, 5.74) is 5.33. The highest BCUT2D eigenvalue weighted by Gasteiger charge is 2.30. The predicted octanol–water partition coefficient (Wildman–Crippen LogP) is 2.70. The molecule has 2 rings (SSSR count). The Labute approximate surface area is 107 Å². The van der Waals surface area contributed by atoms with Crippen LogP contribution in [0.25, 0.3) is 0 Å². The van der Waals surface area contributed by atoms with Crippen molar-refractivity contribution < 1.29 is 17.7 Å². The molecule has 0 aliphatic heterocycles. The summed E-state index contributed by atoms with van der Waals surface area (Å²) in [5, 5.41) is 3.68. The fraction of sp³-hybridized carbons (Fsp3) is 0.333. The molecule has 0 fully saturated rings. The van der Waals surface area contributed by atoms with Crippen LogP contribution in [-0.4, -0.2) is 10.1 Å². The van der Waals surface area contributed by atoms with Gasteiger partial charge in [0.05, 0.1) is 11.6 Å². The third kappa shape index (κ3) is 3.31. The molecule has 0 aliphatic rings. The number of hydrogen-bond acceptors (Lipinski definition) is 4. The summed E-state index contributed by atoms with van der Waals surface area (Å²) in [6.45, 7) is 1.68. The van der Waals surface area contributed by atoms with E-state index in [0.29, 0.717) is 11.4 Å². The third-order valence-electron chi connectivity index (χ3n) is 2.49. The van der Waals surface area contributed by atoms with E-state index < -0.39 is 17.8 Å². The lowest BCUT2D eigenvalue weighted by Crippen LogP contribution is -2.06. The molecule has 1 atom stereocenters. The summed E-state index contributed by atoms with van der Waals surface area (Å²) in [6.07, 6.45) is -4.19. The van der Waals surface area contributed by atoms with E-state index in [1.165, 1.54) is 6.07 Å². The van der Waals surface area contributed by atoms with E-state index in [4.69, 9.17) is 10.3 Å². The monoisotopic (exact) mass is 271 g/mol. The van der Waals surface area contributed by atoms with Crippen molar-refractivity contribution in [2.45, 2.75) is 25.6 Å². The molecule has 4 nitrogen and oxygen atoms in total. The summed E-state index contributed by atoms with van der Waals surface area (Å²) in [7, 11) is 0. The van der Waals surface area contributed by atoms with Gasteiger partial charge in [0.1, 0.15) is 0 Å². The molecule has 0 saturated heterocycles. The van der Waals surface area contributed by atoms with E-state index in [1.807, 2.05) is 0 Å². The minimum atomic E-state index is -4.36. The number of rotatable bonds is 3. The average Bonchev–Trinajstić information content (AvgIpc) is 2.77. The van der Waals surface area contributed by atoms with Gasteiger partial charge in [0.2, 0.25) is 5.89 Å². The fourth-order valence-electron chi connectivity index (χ4n) is 1.56. The first kappa shape index (κ1) is 13.5. The van der Waals surface area contributed by atoms with Crippen molar-refractivity contribution in [1.82, 2.24) is 10.1 Å². The maximum absolute atomic E-state index is 12.6. The number of alkyl halides is 3. The third-order valence-corrected chi connectivity index (χ3v) is 2.49. The number of halogens is 3. The standard InChI is InChI=1S/C12H12F3N3O/c1-7(16)11-17-10(18-19-11)6-8-3-2-4-9(5-8)12(13,14)15/h2-5,7H,6,16H2,1H3. The lowest BCUT2D eigenvalue weighted by atomic mass is 10.1. The number of nitrogens with zero attached hydrogens (tertiary/aromatic N) is 2. The molecule has 1 aromatic carbocycles. The van der Waals surface area contributed by atoms with Gasteiger partial charge in [0, 0.05) is 6.42 Å². The van der Waals surface area contributed by atoms with Crippen molar-refractivity contribution in [2.75, 3.05) is 0 Å². The molecule has 19 heavy (non-hydrogen) atoms. The normalized spacial score (nSPS) is 13.5. The van der Waals surface area contributed by atoms with E-state index in [1.54, 1.807) is 13.0 Å². The summed E-state index contributed by atoms with van der Waals surface area (Å²) in [5.74, 6) is 0.577. The Hall–Kier alpha value is -1.89. The summed E-state index contributed by atoms with van der Waals surface area (Å²) < 4.78 is 42.5. The molecule has 0 spiro atoms. The molecule has 2 aromatic rings. The Kier molecular flexibility index (Phi) is 3.57. The second-order valence-corrected chi connectivity index (χ2v) is 4.21. The Bertz CT molecular complexity index is 563. The minimum Gasteiger partial charge on any atom is -0.338 e. The first-order valence-corrected chi connectivity index (χ1v) is 5.60. The molecule has 102 valence electrons. The van der Waals surface area contributed by atoms with Crippen molar-refractivity contribution in [3.05, 3.63) is 47.1 Å². The quantitative estimate of drug-likeness (QED) is 0.932. The number of aromatic nitrogens is 2. The van der Waals surface area contributed by atoms with Crippen LogP contribution in [0, 0.1) is 0 Å². The average molecular weight is 271 g/mol. The molecule has 2 N–H and O–H groups in total. The van der Waals surface area contributed by atoms with E-state index in [0.717, 1.165) is 12.1 Å². The van der Waals surface area contributed by atoms with Crippen LogP contribution in [0.15, 0.2) is 28.8 Å². The van der Waals surface area contributed by atoms with Crippen LogP contribution < -0.4 is 5.73 Å². The van der Waals surface area contributed by atoms with Crippen LogP contribution >= 0.6 is 0 Å². The van der Waals surface area contributed by atoms with Gasteiger partial charge in [-0.25, -0.2) is 0 Å². The summed E-state index contributed by atoms with van der Waals surface area (Å²) >= 11 is 0. The maximum Gasteiger partial charge on any atom is 0.416 e. The van der Waals surface area contributed by atoms with E-state index in [-0.39, 0.29) is 12.3 Å². The number of hydrogen-bond donors (Lipinski definition) is 1. The second-order valence-electron chi connectivity index (χ2n) is 4.21. The Morgan fingerprint density at radius 1 is 1.37 bits per heavy atom. The van der Waals surface area contributed by atoms with Crippen molar-refractivity contribution in [2.24, 2.45) is 5.73 Å². The van der Waals surface area contributed by atoms with Crippen LogP contribution in [0.1, 0.15) is 35.8 Å². The molecule has 1 unspecified atom stereocenters. The first-order chi connectivity index (χ1) is 8.86. The van der Waals surface area contributed by atoms with Gasteiger partial charge < -0.3 is 10.3 Å². The van der Waals surface area contributed by atoms with E-state index in [2.05, 4.69) is 10.1 Å². The zero-order valence-electron chi connectivity index (χ0n) is 10.1. The molecule has 7 heteroatoms. The molecular formula is C12H12F3N3O. The van der Waals surface area contributed by atoms with Crippen molar-refractivity contribution in [3.63, 3.8) is 0 Å². The van der Waals surface area contributed by atoms with Crippen molar-refractivity contribution in [3.8, 4) is 0 Å². The van der Waals surface area contributed by atoms with Crippen LogP contribution in [0.3, 0.4) is 0 Å². The number of nitrogens with two attached hydrogens (primary N) is 1. The Balaban J connectivity index is 2.19. The van der Waals surface area contributed by atoms with Gasteiger partial charge in [-0.1, -0.05) is 23.4 Å². The topological polar surface area (TPSA) is 64.9 Å². The van der Waals surface area contributed by atoms with E-state index in [9.17, 15) is 13.2 Å². The zero-order valence-corrected chi connectivity index (χ0v) is 10.1. The molecule has 0 amide bonds. The second kappa shape index (κ2) is 5.00. The SMILES string of the molecule is CC(N)c1nc(Cc2cccc(C(F)(F)F)c2)no1. The van der Waals surface area contributed by atoms with Crippen molar-refractivity contribution >= 4 is 0 Å². The molecular weight excluding hydrogens is 259 g/mol. The van der Waals surface area contributed by atoms with Gasteiger partial charge in [-0.05, 0) is 18.6 Å². The van der Waals surface area contributed by atoms with Gasteiger partial charge in [-0.3, -0.25) is 0 Å². The van der Waals surface area contributed by atoms with Gasteiger partial charge >= 0.3 is 6.18 Å². The van der Waals surface area contributed by atoms with Crippen LogP contribution in [0.2, 0.25) is 0 Å². The van der Waals surface area contributed by atoms with Crippen molar-refractivity contribution in [1.29, 1.82) is 0 Å². The lowest BCUT2D eigenvalue weighted by Gasteiger charge is -2.07. The first-order valence-electron chi connectivity index (χ1n) is 5.60. The van der Waals surface area contributed by atoms with Crippen LogP contribution in [0.4, 0.5) is 13.2 Å². The maximum atomic E-state index is 12.6. The van der Waals surface area contributed by atoms with Gasteiger partial charge in [0.15, 0.2) is 5.82 Å². The molecule has 0 saturated carbocycles. The highest BCUT2D eigenvalue weighted by Crippen LogP contribution is 2.29. The highest BCUT2D eigenvalue weighted by atomic mass is 19.4. The summed E-state index contributed by atoms with van der Waals surface area (Å²) in [6, 6.07) is 4.62. The highest BCUT2D eigenvalue weighted by molar-refractivity contribution is 5.27. The van der Waals surface area contributed by atoms with Crippen LogP contribution in [-0.2, 0) is 12.6 Å². The van der Waals surface area contributed by atoms with Gasteiger partial charge in [0.25, 0.3) is 0 Å². The minimum absolute atomic E-state index is 0.167. The Morgan fingerprint density at radius 2 is 2.11 bits per heavy atom. The van der Waals surface area contributed by atoms with Gasteiger partial charge in [-0.2, -0.15) is 18.2 Å². The summed E-state index contributed by atoms with van der Waals surface area (Å²) in [4.78, 5) is 4.01.